The first-order valence-electron chi connectivity index (χ1n) is 9.79. The first-order chi connectivity index (χ1) is 13.0. The van der Waals surface area contributed by atoms with Crippen molar-refractivity contribution in [2.24, 2.45) is 0 Å². The van der Waals surface area contributed by atoms with Gasteiger partial charge in [0.1, 0.15) is 0 Å². The molecule has 0 fully saturated rings. The van der Waals surface area contributed by atoms with Crippen LogP contribution in [0.4, 0.5) is 5.69 Å². The van der Waals surface area contributed by atoms with Crippen LogP contribution in [0.3, 0.4) is 0 Å². The fraction of sp³-hybridized carbons (Fsp3) is 0.476. The summed E-state index contributed by atoms with van der Waals surface area (Å²) in [5.41, 5.74) is 3.48. The smallest absolute Gasteiger partial charge is 0.287 e. The van der Waals surface area contributed by atoms with E-state index in [2.05, 4.69) is 23.3 Å². The minimum atomic E-state index is -0.206. The Labute approximate surface area is 159 Å². The van der Waals surface area contributed by atoms with E-state index in [9.17, 15) is 9.59 Å². The van der Waals surface area contributed by atoms with Gasteiger partial charge in [0.25, 0.3) is 11.8 Å². The molecule has 0 bridgehead atoms. The average molecular weight is 366 g/mol. The molecule has 6 heteroatoms. The number of fused-ring (bicyclic) bond motifs is 2. The second kappa shape index (κ2) is 6.83. The number of nitrogens with zero attached hydrogens (tertiary/aromatic N) is 3. The van der Waals surface area contributed by atoms with Gasteiger partial charge in [-0.1, -0.05) is 18.2 Å². The Kier molecular flexibility index (Phi) is 4.50. The largest absolute Gasteiger partial charge is 0.347 e. The van der Waals surface area contributed by atoms with Crippen molar-refractivity contribution < 1.29 is 9.59 Å². The highest BCUT2D eigenvalue weighted by Gasteiger charge is 2.36. The first kappa shape index (κ1) is 17.8. The number of amides is 2. The number of benzene rings is 1. The van der Waals surface area contributed by atoms with Gasteiger partial charge in [0, 0.05) is 24.3 Å². The van der Waals surface area contributed by atoms with Crippen molar-refractivity contribution in [2.45, 2.75) is 65.1 Å². The van der Waals surface area contributed by atoms with E-state index in [-0.39, 0.29) is 23.9 Å². The molecule has 6 nitrogen and oxygen atoms in total. The van der Waals surface area contributed by atoms with E-state index in [1.165, 1.54) is 5.56 Å². The quantitative estimate of drug-likeness (QED) is 0.908. The summed E-state index contributed by atoms with van der Waals surface area (Å²) < 4.78 is 1.95. The Morgan fingerprint density at radius 1 is 1.22 bits per heavy atom. The second-order valence-corrected chi connectivity index (χ2v) is 7.82. The van der Waals surface area contributed by atoms with Crippen molar-refractivity contribution in [3.8, 4) is 0 Å². The number of carbonyl (C=O) groups is 2. The van der Waals surface area contributed by atoms with Crippen LogP contribution in [0.1, 0.15) is 66.0 Å². The van der Waals surface area contributed by atoms with Crippen LogP contribution in [-0.2, 0) is 19.4 Å². The van der Waals surface area contributed by atoms with Crippen molar-refractivity contribution in [2.75, 3.05) is 4.90 Å². The molecule has 1 N–H and O–H groups in total. The van der Waals surface area contributed by atoms with Crippen LogP contribution < -0.4 is 10.2 Å². The number of rotatable bonds is 3. The molecule has 1 unspecified atom stereocenters. The molecule has 1 aromatic carbocycles. The molecule has 1 aromatic heterocycles. The van der Waals surface area contributed by atoms with Crippen LogP contribution in [0.25, 0.3) is 0 Å². The van der Waals surface area contributed by atoms with Crippen LogP contribution in [0.15, 0.2) is 24.3 Å². The molecule has 4 rings (SSSR count). The molecule has 0 saturated carbocycles. The molecule has 2 aliphatic rings. The number of para-hydroxylation sites is 1. The topological polar surface area (TPSA) is 67.2 Å². The third-order valence-corrected chi connectivity index (χ3v) is 5.37. The molecule has 0 spiro atoms. The standard InChI is InChI=1S/C21H26N4O2/c1-13(2)22-20(26)19-23-18(17-10-6-7-11-24(17)19)21(27)25-14(3)12-15-8-4-5-9-16(15)25/h4-5,8-9,13-14H,6-7,10-12H2,1-3H3,(H,22,26). The van der Waals surface area contributed by atoms with E-state index >= 15 is 0 Å². The third kappa shape index (κ3) is 3.03. The lowest BCUT2D eigenvalue weighted by molar-refractivity contribution is 0.0927. The van der Waals surface area contributed by atoms with E-state index in [1.54, 1.807) is 0 Å². The number of hydrogen-bond donors (Lipinski definition) is 1. The van der Waals surface area contributed by atoms with Crippen LogP contribution in [0.5, 0.6) is 0 Å². The third-order valence-electron chi connectivity index (χ3n) is 5.37. The van der Waals surface area contributed by atoms with Gasteiger partial charge in [0.15, 0.2) is 11.5 Å². The van der Waals surface area contributed by atoms with Gasteiger partial charge < -0.3 is 14.8 Å². The maximum absolute atomic E-state index is 13.5. The molecule has 142 valence electrons. The molecular weight excluding hydrogens is 340 g/mol. The summed E-state index contributed by atoms with van der Waals surface area (Å²) in [5, 5.41) is 2.91. The number of anilines is 1. The maximum atomic E-state index is 13.5. The molecule has 0 saturated heterocycles. The fourth-order valence-corrected chi connectivity index (χ4v) is 4.20. The minimum absolute atomic E-state index is 0.0265. The Morgan fingerprint density at radius 3 is 2.78 bits per heavy atom. The molecule has 1 atom stereocenters. The van der Waals surface area contributed by atoms with Gasteiger partial charge >= 0.3 is 0 Å². The molecule has 2 amide bonds. The predicted molar refractivity (Wildman–Crippen MR) is 104 cm³/mol. The molecule has 3 heterocycles. The monoisotopic (exact) mass is 366 g/mol. The highest BCUT2D eigenvalue weighted by atomic mass is 16.2. The predicted octanol–water partition coefficient (Wildman–Crippen LogP) is 2.95. The summed E-state index contributed by atoms with van der Waals surface area (Å²) in [4.78, 5) is 32.5. The Morgan fingerprint density at radius 2 is 2.00 bits per heavy atom. The number of aromatic nitrogens is 2. The van der Waals surface area contributed by atoms with Gasteiger partial charge in [0.2, 0.25) is 0 Å². The Balaban J connectivity index is 1.75. The zero-order valence-corrected chi connectivity index (χ0v) is 16.2. The van der Waals surface area contributed by atoms with Gasteiger partial charge in [-0.05, 0) is 58.1 Å². The normalized spacial score (nSPS) is 18.4. The van der Waals surface area contributed by atoms with Crippen molar-refractivity contribution in [1.29, 1.82) is 0 Å². The van der Waals surface area contributed by atoms with Crippen molar-refractivity contribution in [3.63, 3.8) is 0 Å². The summed E-state index contributed by atoms with van der Waals surface area (Å²) >= 11 is 0. The van der Waals surface area contributed by atoms with Gasteiger partial charge in [-0.3, -0.25) is 9.59 Å². The summed E-state index contributed by atoms with van der Waals surface area (Å²) in [7, 11) is 0. The number of imidazole rings is 1. The Hall–Kier alpha value is -2.63. The summed E-state index contributed by atoms with van der Waals surface area (Å²) in [6.07, 6.45) is 3.65. The molecule has 27 heavy (non-hydrogen) atoms. The average Bonchev–Trinajstić information content (AvgIpc) is 3.18. The highest BCUT2D eigenvalue weighted by molar-refractivity contribution is 6.08. The fourth-order valence-electron chi connectivity index (χ4n) is 4.20. The SMILES string of the molecule is CC(C)NC(=O)c1nc(C(=O)N2c3ccccc3CC2C)c2n1CCCC2. The Bertz CT molecular complexity index is 900. The molecule has 2 aliphatic heterocycles. The highest BCUT2D eigenvalue weighted by Crippen LogP contribution is 2.34. The lowest BCUT2D eigenvalue weighted by Crippen LogP contribution is -2.36. The van der Waals surface area contributed by atoms with E-state index in [0.717, 1.165) is 43.6 Å². The molecule has 2 aromatic rings. The lowest BCUT2D eigenvalue weighted by atomic mass is 10.1. The zero-order valence-electron chi connectivity index (χ0n) is 16.2. The molecule has 0 aliphatic carbocycles. The molecule has 0 radical (unpaired) electrons. The maximum Gasteiger partial charge on any atom is 0.287 e. The van der Waals surface area contributed by atoms with E-state index in [0.29, 0.717) is 11.5 Å². The van der Waals surface area contributed by atoms with Crippen molar-refractivity contribution >= 4 is 17.5 Å². The number of hydrogen-bond acceptors (Lipinski definition) is 3. The number of carbonyl (C=O) groups excluding carboxylic acids is 2. The van der Waals surface area contributed by atoms with Crippen molar-refractivity contribution in [1.82, 2.24) is 14.9 Å². The van der Waals surface area contributed by atoms with Gasteiger partial charge in [-0.15, -0.1) is 0 Å². The van der Waals surface area contributed by atoms with Gasteiger partial charge in [0.05, 0.1) is 5.69 Å². The van der Waals surface area contributed by atoms with E-state index in [1.807, 2.05) is 41.5 Å². The minimum Gasteiger partial charge on any atom is -0.347 e. The van der Waals surface area contributed by atoms with Gasteiger partial charge in [-0.2, -0.15) is 0 Å². The van der Waals surface area contributed by atoms with Gasteiger partial charge in [-0.25, -0.2) is 4.98 Å². The number of nitrogens with one attached hydrogen (secondary N) is 1. The van der Waals surface area contributed by atoms with Crippen LogP contribution in [0, 0.1) is 0 Å². The molecular formula is C21H26N4O2. The van der Waals surface area contributed by atoms with Crippen LogP contribution >= 0.6 is 0 Å². The summed E-state index contributed by atoms with van der Waals surface area (Å²) in [6, 6.07) is 8.14. The van der Waals surface area contributed by atoms with E-state index < -0.39 is 0 Å². The van der Waals surface area contributed by atoms with Crippen LogP contribution in [0.2, 0.25) is 0 Å². The summed E-state index contributed by atoms with van der Waals surface area (Å²) in [6.45, 7) is 6.65. The van der Waals surface area contributed by atoms with E-state index in [4.69, 9.17) is 0 Å². The second-order valence-electron chi connectivity index (χ2n) is 7.82. The zero-order chi connectivity index (χ0) is 19.1. The van der Waals surface area contributed by atoms with Crippen molar-refractivity contribution in [3.05, 3.63) is 47.0 Å². The summed E-state index contributed by atoms with van der Waals surface area (Å²) in [5.74, 6) is 0.0608. The van der Waals surface area contributed by atoms with Crippen LogP contribution in [-0.4, -0.2) is 33.4 Å². The lowest BCUT2D eigenvalue weighted by Gasteiger charge is -2.23. The first-order valence-corrected chi connectivity index (χ1v) is 9.79.